The molecular weight excluding hydrogens is 291 g/mol. The normalized spacial score (nSPS) is 12.3. The van der Waals surface area contributed by atoms with E-state index in [2.05, 4.69) is 34.5 Å². The van der Waals surface area contributed by atoms with Gasteiger partial charge in [0.25, 0.3) is 0 Å². The van der Waals surface area contributed by atoms with E-state index in [0.717, 1.165) is 17.3 Å². The molecule has 0 radical (unpaired) electrons. The van der Waals surface area contributed by atoms with Crippen molar-refractivity contribution in [1.29, 1.82) is 0 Å². The van der Waals surface area contributed by atoms with Crippen LogP contribution in [0, 0.1) is 5.92 Å². The van der Waals surface area contributed by atoms with Gasteiger partial charge in [0.1, 0.15) is 5.01 Å². The molecule has 2 aromatic heterocycles. The van der Waals surface area contributed by atoms with E-state index in [9.17, 15) is 13.2 Å². The maximum absolute atomic E-state index is 12.4. The number of halogens is 3. The molecule has 2 heterocycles. The summed E-state index contributed by atoms with van der Waals surface area (Å²) in [5, 5.41) is 15.4. The summed E-state index contributed by atoms with van der Waals surface area (Å²) in [7, 11) is 0. The van der Waals surface area contributed by atoms with Gasteiger partial charge in [0, 0.05) is 12.7 Å². The third-order valence-electron chi connectivity index (χ3n) is 2.36. The van der Waals surface area contributed by atoms with Gasteiger partial charge < -0.3 is 5.32 Å². The van der Waals surface area contributed by atoms with Gasteiger partial charge in [-0.05, 0) is 18.5 Å². The first-order valence-electron chi connectivity index (χ1n) is 6.02. The smallest absolute Gasteiger partial charge is 0.310 e. The predicted molar refractivity (Wildman–Crippen MR) is 68.6 cm³/mol. The zero-order valence-corrected chi connectivity index (χ0v) is 11.8. The van der Waals surface area contributed by atoms with Crippen molar-refractivity contribution in [2.45, 2.75) is 26.6 Å². The van der Waals surface area contributed by atoms with Gasteiger partial charge in [0.2, 0.25) is 5.13 Å². The Balaban J connectivity index is 2.03. The highest BCUT2D eigenvalue weighted by atomic mass is 32.1. The van der Waals surface area contributed by atoms with Crippen LogP contribution in [-0.2, 0) is 12.7 Å². The molecule has 0 aliphatic rings. The molecule has 2 rings (SSSR count). The van der Waals surface area contributed by atoms with Crippen LogP contribution < -0.4 is 5.32 Å². The van der Waals surface area contributed by atoms with Crippen LogP contribution in [0.5, 0.6) is 0 Å². The molecule has 0 spiro atoms. The lowest BCUT2D eigenvalue weighted by atomic mass is 10.2. The molecule has 0 atom stereocenters. The van der Waals surface area contributed by atoms with Crippen molar-refractivity contribution in [3.8, 4) is 5.13 Å². The Labute approximate surface area is 117 Å². The van der Waals surface area contributed by atoms with E-state index >= 15 is 0 Å². The Hall–Kier alpha value is -1.48. The minimum atomic E-state index is -4.45. The van der Waals surface area contributed by atoms with Crippen LogP contribution in [0.3, 0.4) is 0 Å². The second-order valence-electron chi connectivity index (χ2n) is 4.65. The number of hydrogen-bond donors (Lipinski definition) is 1. The predicted octanol–water partition coefficient (Wildman–Crippen LogP) is 2.49. The van der Waals surface area contributed by atoms with Gasteiger partial charge in [-0.3, -0.25) is 0 Å². The van der Waals surface area contributed by atoms with Crippen LogP contribution in [0.25, 0.3) is 5.13 Å². The maximum atomic E-state index is 12.4. The second kappa shape index (κ2) is 5.88. The highest BCUT2D eigenvalue weighted by Crippen LogP contribution is 2.28. The van der Waals surface area contributed by atoms with Crippen LogP contribution in [0.2, 0.25) is 0 Å². The SMILES string of the molecule is CC(C)CNCc1nnc(-n2ccc(C(F)(F)F)n2)s1. The number of rotatable bonds is 5. The average Bonchev–Trinajstić information content (AvgIpc) is 2.94. The quantitative estimate of drug-likeness (QED) is 0.922. The van der Waals surface area contributed by atoms with Crippen LogP contribution in [0.15, 0.2) is 12.3 Å². The summed E-state index contributed by atoms with van der Waals surface area (Å²) in [4.78, 5) is 0. The molecule has 2 aromatic rings. The fourth-order valence-corrected chi connectivity index (χ4v) is 2.20. The first-order valence-corrected chi connectivity index (χ1v) is 6.84. The second-order valence-corrected chi connectivity index (χ2v) is 5.69. The fourth-order valence-electron chi connectivity index (χ4n) is 1.46. The number of nitrogens with zero attached hydrogens (tertiary/aromatic N) is 4. The molecule has 0 saturated heterocycles. The third-order valence-corrected chi connectivity index (χ3v) is 3.27. The average molecular weight is 305 g/mol. The first-order chi connectivity index (χ1) is 9.36. The fraction of sp³-hybridized carbons (Fsp3) is 0.545. The summed E-state index contributed by atoms with van der Waals surface area (Å²) in [6.45, 7) is 5.56. The van der Waals surface area contributed by atoms with Gasteiger partial charge in [-0.25, -0.2) is 4.68 Å². The van der Waals surface area contributed by atoms with E-state index in [1.165, 1.54) is 17.5 Å². The highest BCUT2D eigenvalue weighted by molar-refractivity contribution is 7.13. The van der Waals surface area contributed by atoms with Crippen molar-refractivity contribution in [1.82, 2.24) is 25.3 Å². The summed E-state index contributed by atoms with van der Waals surface area (Å²) in [5.74, 6) is 0.517. The van der Waals surface area contributed by atoms with Gasteiger partial charge in [0.15, 0.2) is 5.69 Å². The first kappa shape index (κ1) is 14.9. The lowest BCUT2D eigenvalue weighted by Gasteiger charge is -2.03. The molecule has 0 bridgehead atoms. The van der Waals surface area contributed by atoms with E-state index < -0.39 is 11.9 Å². The lowest BCUT2D eigenvalue weighted by molar-refractivity contribution is -0.141. The zero-order chi connectivity index (χ0) is 14.8. The number of aromatic nitrogens is 4. The standard InChI is InChI=1S/C11H14F3N5S/c1-7(2)5-15-6-9-16-17-10(20-9)19-4-3-8(18-19)11(12,13)14/h3-4,7,15H,5-6H2,1-2H3. The summed E-state index contributed by atoms with van der Waals surface area (Å²) in [5.41, 5.74) is -0.938. The van der Waals surface area contributed by atoms with Crippen molar-refractivity contribution < 1.29 is 13.2 Å². The van der Waals surface area contributed by atoms with E-state index in [4.69, 9.17) is 0 Å². The van der Waals surface area contributed by atoms with Gasteiger partial charge in [-0.2, -0.15) is 18.3 Å². The Bertz CT molecular complexity index is 560. The van der Waals surface area contributed by atoms with Gasteiger partial charge in [-0.1, -0.05) is 25.2 Å². The maximum Gasteiger partial charge on any atom is 0.435 e. The van der Waals surface area contributed by atoms with Crippen molar-refractivity contribution in [2.24, 2.45) is 5.92 Å². The Morgan fingerprint density at radius 3 is 2.70 bits per heavy atom. The third kappa shape index (κ3) is 3.76. The van der Waals surface area contributed by atoms with Crippen LogP contribution in [0.4, 0.5) is 13.2 Å². The Kier molecular flexibility index (Phi) is 4.39. The summed E-state index contributed by atoms with van der Waals surface area (Å²) < 4.78 is 38.4. The Morgan fingerprint density at radius 1 is 1.35 bits per heavy atom. The van der Waals surface area contributed by atoms with Crippen molar-refractivity contribution in [3.63, 3.8) is 0 Å². The molecule has 0 aromatic carbocycles. The molecule has 0 unspecified atom stereocenters. The topological polar surface area (TPSA) is 55.6 Å². The lowest BCUT2D eigenvalue weighted by Crippen LogP contribution is -2.18. The van der Waals surface area contributed by atoms with E-state index in [1.54, 1.807) is 0 Å². The van der Waals surface area contributed by atoms with Crippen molar-refractivity contribution in [3.05, 3.63) is 23.0 Å². The zero-order valence-electron chi connectivity index (χ0n) is 11.0. The molecule has 110 valence electrons. The molecule has 0 aliphatic carbocycles. The van der Waals surface area contributed by atoms with Gasteiger partial charge in [-0.15, -0.1) is 10.2 Å². The van der Waals surface area contributed by atoms with Gasteiger partial charge in [0.05, 0.1) is 0 Å². The summed E-state index contributed by atoms with van der Waals surface area (Å²) in [6.07, 6.45) is -3.22. The molecule has 9 heteroatoms. The number of alkyl halides is 3. The largest absolute Gasteiger partial charge is 0.435 e. The molecule has 20 heavy (non-hydrogen) atoms. The van der Waals surface area contributed by atoms with Crippen molar-refractivity contribution in [2.75, 3.05) is 6.54 Å². The van der Waals surface area contributed by atoms with Crippen LogP contribution in [0.1, 0.15) is 24.5 Å². The minimum absolute atomic E-state index is 0.321. The van der Waals surface area contributed by atoms with E-state index in [0.29, 0.717) is 22.6 Å². The van der Waals surface area contributed by atoms with Crippen LogP contribution >= 0.6 is 11.3 Å². The number of nitrogens with one attached hydrogen (secondary N) is 1. The van der Waals surface area contributed by atoms with Crippen molar-refractivity contribution >= 4 is 11.3 Å². The molecule has 0 fully saturated rings. The Morgan fingerprint density at radius 2 is 2.10 bits per heavy atom. The van der Waals surface area contributed by atoms with Crippen LogP contribution in [-0.4, -0.2) is 26.5 Å². The number of hydrogen-bond acceptors (Lipinski definition) is 5. The van der Waals surface area contributed by atoms with E-state index in [-0.39, 0.29) is 0 Å². The monoisotopic (exact) mass is 305 g/mol. The molecule has 5 nitrogen and oxygen atoms in total. The minimum Gasteiger partial charge on any atom is -0.310 e. The molecule has 1 N–H and O–H groups in total. The molecular formula is C11H14F3N5S. The molecule has 0 aliphatic heterocycles. The molecule has 0 saturated carbocycles. The highest BCUT2D eigenvalue weighted by Gasteiger charge is 2.33. The summed E-state index contributed by atoms with van der Waals surface area (Å²) in [6, 6.07) is 0.915. The van der Waals surface area contributed by atoms with Gasteiger partial charge >= 0.3 is 6.18 Å². The summed E-state index contributed by atoms with van der Waals surface area (Å²) >= 11 is 1.21. The molecule has 0 amide bonds. The van der Waals surface area contributed by atoms with E-state index in [1.807, 2.05) is 0 Å².